The van der Waals surface area contributed by atoms with Crippen molar-refractivity contribution in [1.29, 1.82) is 0 Å². The normalized spacial score (nSPS) is 21.4. The number of amides is 1. The zero-order chi connectivity index (χ0) is 13.8. The van der Waals surface area contributed by atoms with E-state index < -0.39 is 0 Å². The third kappa shape index (κ3) is 4.49. The summed E-state index contributed by atoms with van der Waals surface area (Å²) in [5.41, 5.74) is 5.67. The van der Waals surface area contributed by atoms with Crippen molar-refractivity contribution >= 4 is 40.9 Å². The smallest absolute Gasteiger partial charge is 0.260 e. The predicted octanol–water partition coefficient (Wildman–Crippen LogP) is 2.29. The van der Waals surface area contributed by atoms with E-state index in [1.54, 1.807) is 0 Å². The number of carbonyl (C=O) groups excluding carboxylic acids is 1. The van der Waals surface area contributed by atoms with Gasteiger partial charge in [0, 0.05) is 16.2 Å². The minimum absolute atomic E-state index is 0. The zero-order valence-electron chi connectivity index (χ0n) is 11.4. The van der Waals surface area contributed by atoms with Gasteiger partial charge in [-0.05, 0) is 72.7 Å². The van der Waals surface area contributed by atoms with Gasteiger partial charge in [-0.1, -0.05) is 0 Å². The average Bonchev–Trinajstić information content (AvgIpc) is 2.79. The molecule has 0 aliphatic carbocycles. The van der Waals surface area contributed by atoms with Gasteiger partial charge in [0.05, 0.1) is 0 Å². The molecule has 4 nitrogen and oxygen atoms in total. The Morgan fingerprint density at radius 1 is 1.45 bits per heavy atom. The molecule has 1 heterocycles. The molecule has 1 saturated heterocycles. The first kappa shape index (κ1) is 17.5. The number of halogens is 2. The molecule has 2 N–H and O–H groups in total. The molecule has 2 unspecified atom stereocenters. The summed E-state index contributed by atoms with van der Waals surface area (Å²) in [4.78, 5) is 14.0. The first-order valence-electron chi connectivity index (χ1n) is 6.48. The first-order valence-corrected chi connectivity index (χ1v) is 7.56. The standard InChI is InChI=1S/C14H19IN2O2.ClH/c1-10-6-11(7-16)8-17(10)14(18)9-19-13-4-2-12(15)3-5-13;/h2-5,10-11H,6-9,16H2,1H3;1H. The van der Waals surface area contributed by atoms with Gasteiger partial charge in [-0.2, -0.15) is 0 Å². The Morgan fingerprint density at radius 2 is 2.10 bits per heavy atom. The quantitative estimate of drug-likeness (QED) is 0.775. The SMILES string of the molecule is CC1CC(CN)CN1C(=O)COc1ccc(I)cc1.Cl. The van der Waals surface area contributed by atoms with Crippen LogP contribution in [-0.4, -0.2) is 36.5 Å². The Balaban J connectivity index is 0.00000200. The molecule has 1 aliphatic rings. The topological polar surface area (TPSA) is 55.6 Å². The van der Waals surface area contributed by atoms with Crippen molar-refractivity contribution < 1.29 is 9.53 Å². The minimum Gasteiger partial charge on any atom is -0.484 e. The summed E-state index contributed by atoms with van der Waals surface area (Å²) in [5, 5.41) is 0. The lowest BCUT2D eigenvalue weighted by molar-refractivity contribution is -0.134. The number of likely N-dealkylation sites (tertiary alicyclic amines) is 1. The maximum atomic E-state index is 12.1. The maximum absolute atomic E-state index is 12.1. The van der Waals surface area contributed by atoms with Crippen molar-refractivity contribution in [3.05, 3.63) is 27.8 Å². The molecular weight excluding hydrogens is 391 g/mol. The highest BCUT2D eigenvalue weighted by molar-refractivity contribution is 14.1. The van der Waals surface area contributed by atoms with Gasteiger partial charge >= 0.3 is 0 Å². The molecule has 20 heavy (non-hydrogen) atoms. The van der Waals surface area contributed by atoms with Crippen LogP contribution in [0.3, 0.4) is 0 Å². The largest absolute Gasteiger partial charge is 0.484 e. The van der Waals surface area contributed by atoms with E-state index in [4.69, 9.17) is 10.5 Å². The van der Waals surface area contributed by atoms with Crippen LogP contribution >= 0.6 is 35.0 Å². The first-order chi connectivity index (χ1) is 9.10. The van der Waals surface area contributed by atoms with Crippen LogP contribution in [0, 0.1) is 9.49 Å². The van der Waals surface area contributed by atoms with Gasteiger partial charge in [0.15, 0.2) is 6.61 Å². The van der Waals surface area contributed by atoms with E-state index in [2.05, 4.69) is 29.5 Å². The number of carbonyl (C=O) groups is 1. The van der Waals surface area contributed by atoms with E-state index in [0.29, 0.717) is 12.5 Å². The van der Waals surface area contributed by atoms with Crippen molar-refractivity contribution in [2.45, 2.75) is 19.4 Å². The number of rotatable bonds is 4. The predicted molar refractivity (Wildman–Crippen MR) is 90.2 cm³/mol. The number of hydrogen-bond acceptors (Lipinski definition) is 3. The molecule has 0 bridgehead atoms. The molecule has 2 rings (SSSR count). The highest BCUT2D eigenvalue weighted by atomic mass is 127. The van der Waals surface area contributed by atoms with E-state index in [-0.39, 0.29) is 31.0 Å². The summed E-state index contributed by atoms with van der Waals surface area (Å²) < 4.78 is 6.67. The van der Waals surface area contributed by atoms with Crippen LogP contribution in [-0.2, 0) is 4.79 Å². The summed E-state index contributed by atoms with van der Waals surface area (Å²) in [6.45, 7) is 3.57. The monoisotopic (exact) mass is 410 g/mol. The molecule has 1 aromatic carbocycles. The van der Waals surface area contributed by atoms with Crippen molar-refractivity contribution in [2.24, 2.45) is 11.7 Å². The van der Waals surface area contributed by atoms with Gasteiger partial charge in [0.2, 0.25) is 0 Å². The number of nitrogens with zero attached hydrogens (tertiary/aromatic N) is 1. The maximum Gasteiger partial charge on any atom is 0.260 e. The number of ether oxygens (including phenoxy) is 1. The van der Waals surface area contributed by atoms with Gasteiger partial charge < -0.3 is 15.4 Å². The van der Waals surface area contributed by atoms with Crippen LogP contribution in [0.25, 0.3) is 0 Å². The fourth-order valence-electron chi connectivity index (χ4n) is 2.42. The molecule has 0 spiro atoms. The third-order valence-corrected chi connectivity index (χ3v) is 4.21. The summed E-state index contributed by atoms with van der Waals surface area (Å²) in [7, 11) is 0. The molecular formula is C14H20ClIN2O2. The fraction of sp³-hybridized carbons (Fsp3) is 0.500. The number of nitrogens with two attached hydrogens (primary N) is 1. The second kappa shape index (κ2) is 8.05. The average molecular weight is 411 g/mol. The van der Waals surface area contributed by atoms with Crippen LogP contribution in [0.4, 0.5) is 0 Å². The van der Waals surface area contributed by atoms with Crippen LogP contribution in [0.1, 0.15) is 13.3 Å². The molecule has 2 atom stereocenters. The van der Waals surface area contributed by atoms with E-state index in [1.165, 1.54) is 0 Å². The van der Waals surface area contributed by atoms with Gasteiger partial charge in [-0.3, -0.25) is 4.79 Å². The van der Waals surface area contributed by atoms with E-state index in [9.17, 15) is 4.79 Å². The Morgan fingerprint density at radius 3 is 2.65 bits per heavy atom. The summed E-state index contributed by atoms with van der Waals surface area (Å²) in [6, 6.07) is 7.95. The Labute approximate surface area is 139 Å². The molecule has 6 heteroatoms. The molecule has 112 valence electrons. The lowest BCUT2D eigenvalue weighted by Crippen LogP contribution is -2.37. The van der Waals surface area contributed by atoms with Crippen molar-refractivity contribution in [3.8, 4) is 5.75 Å². The van der Waals surface area contributed by atoms with Gasteiger partial charge in [0.1, 0.15) is 5.75 Å². The van der Waals surface area contributed by atoms with Crippen molar-refractivity contribution in [3.63, 3.8) is 0 Å². The second-order valence-electron chi connectivity index (χ2n) is 4.98. The number of benzene rings is 1. The third-order valence-electron chi connectivity index (χ3n) is 3.49. The Bertz CT molecular complexity index is 441. The van der Waals surface area contributed by atoms with Crippen molar-refractivity contribution in [1.82, 2.24) is 4.90 Å². The van der Waals surface area contributed by atoms with Gasteiger partial charge in [-0.15, -0.1) is 12.4 Å². The molecule has 1 fully saturated rings. The molecule has 1 aliphatic heterocycles. The zero-order valence-corrected chi connectivity index (χ0v) is 14.4. The fourth-order valence-corrected chi connectivity index (χ4v) is 2.78. The van der Waals surface area contributed by atoms with Crippen LogP contribution in [0.5, 0.6) is 5.75 Å². The van der Waals surface area contributed by atoms with E-state index >= 15 is 0 Å². The Kier molecular flexibility index (Phi) is 7.05. The molecule has 0 radical (unpaired) electrons. The summed E-state index contributed by atoms with van der Waals surface area (Å²) in [6.07, 6.45) is 0.992. The van der Waals surface area contributed by atoms with Crippen LogP contribution in [0.15, 0.2) is 24.3 Å². The van der Waals surface area contributed by atoms with Gasteiger partial charge in [-0.25, -0.2) is 0 Å². The van der Waals surface area contributed by atoms with E-state index in [0.717, 1.165) is 22.3 Å². The minimum atomic E-state index is 0. The summed E-state index contributed by atoms with van der Waals surface area (Å²) in [5.74, 6) is 1.20. The molecule has 0 saturated carbocycles. The van der Waals surface area contributed by atoms with Gasteiger partial charge in [0.25, 0.3) is 5.91 Å². The van der Waals surface area contributed by atoms with Crippen LogP contribution in [0.2, 0.25) is 0 Å². The lowest BCUT2D eigenvalue weighted by Gasteiger charge is -2.21. The molecule has 0 aromatic heterocycles. The molecule has 1 amide bonds. The lowest BCUT2D eigenvalue weighted by atomic mass is 10.1. The number of hydrogen-bond donors (Lipinski definition) is 1. The van der Waals surface area contributed by atoms with Crippen molar-refractivity contribution in [2.75, 3.05) is 19.7 Å². The second-order valence-corrected chi connectivity index (χ2v) is 6.22. The molecule has 1 aromatic rings. The summed E-state index contributed by atoms with van der Waals surface area (Å²) >= 11 is 2.24. The highest BCUT2D eigenvalue weighted by Crippen LogP contribution is 2.22. The Hall–Kier alpha value is -0.530. The van der Waals surface area contributed by atoms with Crippen LogP contribution < -0.4 is 10.5 Å². The van der Waals surface area contributed by atoms with E-state index in [1.807, 2.05) is 29.2 Å². The highest BCUT2D eigenvalue weighted by Gasteiger charge is 2.31.